The average Bonchev–Trinajstić information content (AvgIpc) is 3.01. The minimum absolute atomic E-state index is 0.0493. The Hall–Kier alpha value is -1.23. The van der Waals surface area contributed by atoms with Crippen LogP contribution in [0.4, 0.5) is 0 Å². The van der Waals surface area contributed by atoms with Crippen molar-refractivity contribution in [2.75, 3.05) is 6.61 Å². The van der Waals surface area contributed by atoms with E-state index in [2.05, 4.69) is 24.8 Å². The topological polar surface area (TPSA) is 77.8 Å². The lowest BCUT2D eigenvalue weighted by Gasteiger charge is -2.23. The molecule has 0 amide bonds. The van der Waals surface area contributed by atoms with Gasteiger partial charge in [0.2, 0.25) is 0 Å². The average molecular weight is 393 g/mol. The summed E-state index contributed by atoms with van der Waals surface area (Å²) in [5, 5.41) is 28.8. The van der Waals surface area contributed by atoms with Crippen molar-refractivity contribution in [3.63, 3.8) is 0 Å². The highest BCUT2D eigenvalue weighted by molar-refractivity contribution is 5.83. The number of hydrogen-bond acceptors (Lipinski definition) is 4. The van der Waals surface area contributed by atoms with Crippen LogP contribution in [0.15, 0.2) is 37.0 Å². The second kappa shape index (κ2) is 13.9. The first-order valence-corrected chi connectivity index (χ1v) is 10.9. The first kappa shape index (κ1) is 24.8. The van der Waals surface area contributed by atoms with Crippen LogP contribution in [0.1, 0.15) is 77.6 Å². The Morgan fingerprint density at radius 2 is 2.00 bits per heavy atom. The SMILES string of the molecule is C=CC(O)(CC=C[C@H]1CCC(=O)[C@@H]1CC=CCCCCO)CCCCC(C)O. The van der Waals surface area contributed by atoms with E-state index in [0.717, 1.165) is 51.4 Å². The van der Waals surface area contributed by atoms with E-state index in [0.29, 0.717) is 25.0 Å². The number of aliphatic hydroxyl groups excluding tert-OH is 2. The molecule has 160 valence electrons. The van der Waals surface area contributed by atoms with Gasteiger partial charge in [0.1, 0.15) is 5.78 Å². The van der Waals surface area contributed by atoms with Gasteiger partial charge < -0.3 is 15.3 Å². The molecule has 0 bridgehead atoms. The third-order valence-electron chi connectivity index (χ3n) is 5.71. The molecule has 28 heavy (non-hydrogen) atoms. The van der Waals surface area contributed by atoms with Crippen molar-refractivity contribution in [3.05, 3.63) is 37.0 Å². The van der Waals surface area contributed by atoms with Gasteiger partial charge in [-0.05, 0) is 64.2 Å². The Morgan fingerprint density at radius 3 is 2.68 bits per heavy atom. The largest absolute Gasteiger partial charge is 0.396 e. The Labute approximate surface area is 171 Å². The van der Waals surface area contributed by atoms with E-state index in [1.807, 2.05) is 6.08 Å². The molecule has 1 aliphatic rings. The Bertz CT molecular complexity index is 509. The number of allylic oxidation sites excluding steroid dienone is 3. The smallest absolute Gasteiger partial charge is 0.136 e. The van der Waals surface area contributed by atoms with Crippen LogP contribution in [0.2, 0.25) is 0 Å². The molecular formula is C24H40O4. The molecule has 4 atom stereocenters. The van der Waals surface area contributed by atoms with Crippen LogP contribution in [0.5, 0.6) is 0 Å². The number of ketones is 1. The molecule has 0 aromatic carbocycles. The summed E-state index contributed by atoms with van der Waals surface area (Å²) in [6.45, 7) is 5.80. The summed E-state index contributed by atoms with van der Waals surface area (Å²) in [7, 11) is 0. The van der Waals surface area contributed by atoms with Crippen molar-refractivity contribution >= 4 is 5.78 Å². The molecule has 1 aliphatic carbocycles. The summed E-state index contributed by atoms with van der Waals surface area (Å²) in [4.78, 5) is 12.2. The summed E-state index contributed by atoms with van der Waals surface area (Å²) in [5.74, 6) is 0.638. The molecule has 1 rings (SSSR count). The maximum Gasteiger partial charge on any atom is 0.136 e. The molecule has 3 N–H and O–H groups in total. The highest BCUT2D eigenvalue weighted by Crippen LogP contribution is 2.33. The van der Waals surface area contributed by atoms with Crippen LogP contribution in [0.3, 0.4) is 0 Å². The molecule has 1 saturated carbocycles. The first-order chi connectivity index (χ1) is 13.4. The third-order valence-corrected chi connectivity index (χ3v) is 5.71. The first-order valence-electron chi connectivity index (χ1n) is 10.9. The molecule has 4 nitrogen and oxygen atoms in total. The molecule has 0 heterocycles. The number of unbranched alkanes of at least 4 members (excludes halogenated alkanes) is 3. The van der Waals surface area contributed by atoms with Gasteiger partial charge >= 0.3 is 0 Å². The lowest BCUT2D eigenvalue weighted by Crippen LogP contribution is -2.24. The highest BCUT2D eigenvalue weighted by atomic mass is 16.3. The van der Waals surface area contributed by atoms with Crippen LogP contribution < -0.4 is 0 Å². The maximum absolute atomic E-state index is 12.2. The van der Waals surface area contributed by atoms with E-state index >= 15 is 0 Å². The lowest BCUT2D eigenvalue weighted by atomic mass is 9.88. The zero-order valence-electron chi connectivity index (χ0n) is 17.6. The second-order valence-corrected chi connectivity index (χ2v) is 8.24. The predicted octanol–water partition coefficient (Wildman–Crippen LogP) is 4.50. The molecule has 0 saturated heterocycles. The number of rotatable bonds is 15. The van der Waals surface area contributed by atoms with Crippen molar-refractivity contribution in [1.29, 1.82) is 0 Å². The lowest BCUT2D eigenvalue weighted by molar-refractivity contribution is -0.120. The van der Waals surface area contributed by atoms with E-state index in [4.69, 9.17) is 5.11 Å². The monoisotopic (exact) mass is 392 g/mol. The van der Waals surface area contributed by atoms with E-state index in [1.54, 1.807) is 13.0 Å². The van der Waals surface area contributed by atoms with Gasteiger partial charge in [-0.15, -0.1) is 6.58 Å². The summed E-state index contributed by atoms with van der Waals surface area (Å²) in [6.07, 6.45) is 18.4. The normalized spacial score (nSPS) is 23.5. The zero-order chi connectivity index (χ0) is 20.8. The third kappa shape index (κ3) is 9.81. The molecule has 0 aromatic rings. The van der Waals surface area contributed by atoms with Gasteiger partial charge in [-0.25, -0.2) is 0 Å². The number of carbonyl (C=O) groups excluding carboxylic acids is 1. The quantitative estimate of drug-likeness (QED) is 0.283. The summed E-state index contributed by atoms with van der Waals surface area (Å²) in [6, 6.07) is 0. The van der Waals surface area contributed by atoms with Crippen molar-refractivity contribution in [3.8, 4) is 0 Å². The van der Waals surface area contributed by atoms with Crippen molar-refractivity contribution < 1.29 is 20.1 Å². The summed E-state index contributed by atoms with van der Waals surface area (Å²) >= 11 is 0. The van der Waals surface area contributed by atoms with Crippen LogP contribution >= 0.6 is 0 Å². The summed E-state index contributed by atoms with van der Waals surface area (Å²) in [5.41, 5.74) is -0.917. The molecule has 1 fully saturated rings. The minimum atomic E-state index is -0.917. The van der Waals surface area contributed by atoms with Crippen molar-refractivity contribution in [1.82, 2.24) is 0 Å². The van der Waals surface area contributed by atoms with Crippen LogP contribution in [0.25, 0.3) is 0 Å². The zero-order valence-corrected chi connectivity index (χ0v) is 17.6. The van der Waals surface area contributed by atoms with E-state index in [9.17, 15) is 15.0 Å². The number of Topliss-reactive ketones (excluding diaryl/α,β-unsaturated/α-hetero) is 1. The fourth-order valence-corrected chi connectivity index (χ4v) is 3.81. The van der Waals surface area contributed by atoms with E-state index in [-0.39, 0.29) is 24.5 Å². The standard InChI is InChI=1S/C24H40O4/c1-3-24(28,17-9-8-12-20(2)26)18-11-13-21-15-16-23(27)22(21)14-7-5-4-6-10-19-25/h3,5,7,11,13,20-22,25-26,28H,1,4,6,8-10,12,14-19H2,2H3/t20?,21-,22+,24?/m0/s1. The molecule has 0 spiro atoms. The van der Waals surface area contributed by atoms with Crippen LogP contribution in [0, 0.1) is 11.8 Å². The Kier molecular flexibility index (Phi) is 12.3. The minimum Gasteiger partial charge on any atom is -0.396 e. The van der Waals surface area contributed by atoms with Crippen molar-refractivity contribution in [2.24, 2.45) is 11.8 Å². The van der Waals surface area contributed by atoms with Gasteiger partial charge in [-0.3, -0.25) is 4.79 Å². The molecule has 0 aromatic heterocycles. The van der Waals surface area contributed by atoms with Gasteiger partial charge in [0.05, 0.1) is 11.7 Å². The molecule has 4 heteroatoms. The maximum atomic E-state index is 12.2. The van der Waals surface area contributed by atoms with E-state index in [1.165, 1.54) is 0 Å². The number of aliphatic hydroxyl groups is 3. The number of hydrogen-bond donors (Lipinski definition) is 3. The van der Waals surface area contributed by atoms with Gasteiger partial charge in [-0.2, -0.15) is 0 Å². The van der Waals surface area contributed by atoms with Crippen molar-refractivity contribution in [2.45, 2.75) is 89.3 Å². The molecule has 0 aliphatic heterocycles. The molecule has 2 unspecified atom stereocenters. The predicted molar refractivity (Wildman–Crippen MR) is 115 cm³/mol. The van der Waals surface area contributed by atoms with Gasteiger partial charge in [0.15, 0.2) is 0 Å². The highest BCUT2D eigenvalue weighted by Gasteiger charge is 2.32. The summed E-state index contributed by atoms with van der Waals surface area (Å²) < 4.78 is 0. The number of carbonyl (C=O) groups is 1. The fraction of sp³-hybridized carbons (Fsp3) is 0.708. The Morgan fingerprint density at radius 1 is 1.21 bits per heavy atom. The molecule has 0 radical (unpaired) electrons. The van der Waals surface area contributed by atoms with Gasteiger partial charge in [0, 0.05) is 18.9 Å². The molecular weight excluding hydrogens is 352 g/mol. The van der Waals surface area contributed by atoms with E-state index < -0.39 is 5.60 Å². The van der Waals surface area contributed by atoms with Gasteiger partial charge in [0.25, 0.3) is 0 Å². The van der Waals surface area contributed by atoms with Crippen LogP contribution in [-0.2, 0) is 4.79 Å². The van der Waals surface area contributed by atoms with Gasteiger partial charge in [-0.1, -0.05) is 43.2 Å². The fourth-order valence-electron chi connectivity index (χ4n) is 3.81. The second-order valence-electron chi connectivity index (χ2n) is 8.24. The van der Waals surface area contributed by atoms with Crippen LogP contribution in [-0.4, -0.2) is 39.4 Å². The Balaban J connectivity index is 2.46.